The second kappa shape index (κ2) is 6.44. The minimum atomic E-state index is 0.606. The summed E-state index contributed by atoms with van der Waals surface area (Å²) in [7, 11) is 0. The van der Waals surface area contributed by atoms with E-state index in [1.165, 1.54) is 32.1 Å². The molecule has 0 bridgehead atoms. The fourth-order valence-corrected chi connectivity index (χ4v) is 3.62. The summed E-state index contributed by atoms with van der Waals surface area (Å²) in [6, 6.07) is 2.04. The molecule has 0 aromatic carbocycles. The summed E-state index contributed by atoms with van der Waals surface area (Å²) in [6.45, 7) is 1.04. The van der Waals surface area contributed by atoms with Crippen LogP contribution in [0.4, 0.5) is 0 Å². The van der Waals surface area contributed by atoms with Gasteiger partial charge in [-0.15, -0.1) is 11.6 Å². The second-order valence-electron chi connectivity index (χ2n) is 5.58. The minimum Gasteiger partial charge on any atom is -0.312 e. The molecule has 2 heterocycles. The van der Waals surface area contributed by atoms with Gasteiger partial charge in [0.15, 0.2) is 5.65 Å². The SMILES string of the molecule is ClCCc1nc2cc(Br)cnc2n1CC1CCCCC1. The number of rotatable bonds is 4. The third-order valence-corrected chi connectivity index (χ3v) is 4.74. The van der Waals surface area contributed by atoms with Crippen LogP contribution in [-0.2, 0) is 13.0 Å². The van der Waals surface area contributed by atoms with Gasteiger partial charge in [-0.05, 0) is 40.8 Å². The third kappa shape index (κ3) is 3.01. The summed E-state index contributed by atoms with van der Waals surface area (Å²) in [4.78, 5) is 9.27. The zero-order chi connectivity index (χ0) is 13.9. The molecule has 0 spiro atoms. The molecule has 1 aliphatic rings. The van der Waals surface area contributed by atoms with Gasteiger partial charge in [0.1, 0.15) is 11.3 Å². The molecule has 0 aliphatic heterocycles. The smallest absolute Gasteiger partial charge is 0.160 e. The molecule has 0 saturated heterocycles. The maximum absolute atomic E-state index is 5.93. The molecule has 0 N–H and O–H groups in total. The molecule has 3 rings (SSSR count). The number of halogens is 2. The van der Waals surface area contributed by atoms with Crippen molar-refractivity contribution in [3.05, 3.63) is 22.6 Å². The lowest BCUT2D eigenvalue weighted by Gasteiger charge is -2.22. The number of hydrogen-bond donors (Lipinski definition) is 0. The zero-order valence-corrected chi connectivity index (χ0v) is 13.8. The maximum atomic E-state index is 5.93. The predicted octanol–water partition coefficient (Wildman–Crippen LogP) is 4.56. The van der Waals surface area contributed by atoms with Crippen LogP contribution in [0, 0.1) is 5.92 Å². The van der Waals surface area contributed by atoms with Crippen LogP contribution < -0.4 is 0 Å². The quantitative estimate of drug-likeness (QED) is 0.752. The van der Waals surface area contributed by atoms with E-state index in [4.69, 9.17) is 16.6 Å². The molecule has 1 aliphatic carbocycles. The molecule has 1 saturated carbocycles. The van der Waals surface area contributed by atoms with E-state index in [1.807, 2.05) is 12.3 Å². The van der Waals surface area contributed by atoms with Gasteiger partial charge in [-0.1, -0.05) is 19.3 Å². The highest BCUT2D eigenvalue weighted by Crippen LogP contribution is 2.27. The van der Waals surface area contributed by atoms with Crippen molar-refractivity contribution in [3.63, 3.8) is 0 Å². The number of aryl methyl sites for hydroxylation is 1. The maximum Gasteiger partial charge on any atom is 0.160 e. The van der Waals surface area contributed by atoms with E-state index in [1.54, 1.807) is 0 Å². The fraction of sp³-hybridized carbons (Fsp3) is 0.600. The van der Waals surface area contributed by atoms with Gasteiger partial charge in [-0.3, -0.25) is 0 Å². The van der Waals surface area contributed by atoms with E-state index >= 15 is 0 Å². The van der Waals surface area contributed by atoms with Gasteiger partial charge in [0.25, 0.3) is 0 Å². The van der Waals surface area contributed by atoms with Crippen LogP contribution in [0.2, 0.25) is 0 Å². The van der Waals surface area contributed by atoms with Crippen LogP contribution in [0.3, 0.4) is 0 Å². The van der Waals surface area contributed by atoms with E-state index in [9.17, 15) is 0 Å². The normalized spacial score (nSPS) is 16.9. The summed E-state index contributed by atoms with van der Waals surface area (Å²) in [5.41, 5.74) is 1.97. The first-order valence-corrected chi connectivity index (χ1v) is 8.67. The van der Waals surface area contributed by atoms with Crippen LogP contribution in [0.1, 0.15) is 37.9 Å². The molecule has 0 radical (unpaired) electrons. The Bertz CT molecular complexity index is 590. The zero-order valence-electron chi connectivity index (χ0n) is 11.5. The van der Waals surface area contributed by atoms with Crippen LogP contribution in [0.15, 0.2) is 16.7 Å². The molecule has 0 unspecified atom stereocenters. The topological polar surface area (TPSA) is 30.7 Å². The van der Waals surface area contributed by atoms with Crippen molar-refractivity contribution < 1.29 is 0 Å². The molecule has 1 fully saturated rings. The first-order valence-electron chi connectivity index (χ1n) is 7.34. The Labute approximate surface area is 132 Å². The van der Waals surface area contributed by atoms with Gasteiger partial charge in [-0.25, -0.2) is 9.97 Å². The van der Waals surface area contributed by atoms with Crippen molar-refractivity contribution in [2.24, 2.45) is 5.92 Å². The van der Waals surface area contributed by atoms with Crippen molar-refractivity contribution in [2.75, 3.05) is 5.88 Å². The second-order valence-corrected chi connectivity index (χ2v) is 6.87. The molecular formula is C15H19BrClN3. The highest BCUT2D eigenvalue weighted by molar-refractivity contribution is 9.10. The summed E-state index contributed by atoms with van der Waals surface area (Å²) in [6.07, 6.45) is 9.43. The highest BCUT2D eigenvalue weighted by atomic mass is 79.9. The monoisotopic (exact) mass is 355 g/mol. The van der Waals surface area contributed by atoms with Crippen molar-refractivity contribution in [3.8, 4) is 0 Å². The summed E-state index contributed by atoms with van der Waals surface area (Å²) < 4.78 is 3.27. The minimum absolute atomic E-state index is 0.606. The van der Waals surface area contributed by atoms with Gasteiger partial charge in [0.2, 0.25) is 0 Å². The van der Waals surface area contributed by atoms with E-state index in [0.717, 1.165) is 40.3 Å². The molecular weight excluding hydrogens is 338 g/mol. The Morgan fingerprint density at radius 3 is 2.85 bits per heavy atom. The number of imidazole rings is 1. The lowest BCUT2D eigenvalue weighted by molar-refractivity contribution is 0.319. The number of alkyl halides is 1. The van der Waals surface area contributed by atoms with Crippen molar-refractivity contribution in [2.45, 2.75) is 45.1 Å². The Morgan fingerprint density at radius 2 is 2.10 bits per heavy atom. The number of pyridine rings is 1. The molecule has 5 heteroatoms. The standard InChI is InChI=1S/C15H19BrClN3/c16-12-8-13-15(18-9-12)20(14(19-13)6-7-17)10-11-4-2-1-3-5-11/h8-9,11H,1-7,10H2. The largest absolute Gasteiger partial charge is 0.312 e. The summed E-state index contributed by atoms with van der Waals surface area (Å²) >= 11 is 9.39. The Morgan fingerprint density at radius 1 is 1.30 bits per heavy atom. The Hall–Kier alpha value is -0.610. The number of fused-ring (bicyclic) bond motifs is 1. The van der Waals surface area contributed by atoms with Gasteiger partial charge in [0, 0.05) is 29.5 Å². The Kier molecular flexibility index (Phi) is 4.61. The van der Waals surface area contributed by atoms with Gasteiger partial charge < -0.3 is 4.57 Å². The van der Waals surface area contributed by atoms with Crippen molar-refractivity contribution >= 4 is 38.7 Å². The van der Waals surface area contributed by atoms with Crippen LogP contribution in [0.25, 0.3) is 11.2 Å². The molecule has 2 aromatic heterocycles. The predicted molar refractivity (Wildman–Crippen MR) is 86.2 cm³/mol. The molecule has 2 aromatic rings. The van der Waals surface area contributed by atoms with Crippen LogP contribution >= 0.6 is 27.5 Å². The third-order valence-electron chi connectivity index (χ3n) is 4.11. The van der Waals surface area contributed by atoms with Gasteiger partial charge >= 0.3 is 0 Å². The van der Waals surface area contributed by atoms with Gasteiger partial charge in [0.05, 0.1) is 0 Å². The number of aromatic nitrogens is 3. The molecule has 0 amide bonds. The van der Waals surface area contributed by atoms with Crippen LogP contribution in [0.5, 0.6) is 0 Å². The lowest BCUT2D eigenvalue weighted by Crippen LogP contribution is -2.16. The summed E-state index contributed by atoms with van der Waals surface area (Å²) in [5.74, 6) is 2.45. The van der Waals surface area contributed by atoms with E-state index in [0.29, 0.717) is 5.88 Å². The molecule has 0 atom stereocenters. The molecule has 108 valence electrons. The van der Waals surface area contributed by atoms with E-state index < -0.39 is 0 Å². The first-order chi connectivity index (χ1) is 9.78. The van der Waals surface area contributed by atoms with Crippen LogP contribution in [-0.4, -0.2) is 20.4 Å². The van der Waals surface area contributed by atoms with Crippen molar-refractivity contribution in [1.29, 1.82) is 0 Å². The van der Waals surface area contributed by atoms with Gasteiger partial charge in [-0.2, -0.15) is 0 Å². The van der Waals surface area contributed by atoms with E-state index in [2.05, 4.69) is 25.5 Å². The average Bonchev–Trinajstić information content (AvgIpc) is 2.77. The molecule has 20 heavy (non-hydrogen) atoms. The lowest BCUT2D eigenvalue weighted by atomic mass is 9.89. The Balaban J connectivity index is 1.95. The average molecular weight is 357 g/mol. The first kappa shape index (κ1) is 14.3. The number of hydrogen-bond acceptors (Lipinski definition) is 2. The summed E-state index contributed by atoms with van der Waals surface area (Å²) in [5, 5.41) is 0. The molecule has 3 nitrogen and oxygen atoms in total. The van der Waals surface area contributed by atoms with E-state index in [-0.39, 0.29) is 0 Å². The fourth-order valence-electron chi connectivity index (χ4n) is 3.13. The highest BCUT2D eigenvalue weighted by Gasteiger charge is 2.18. The van der Waals surface area contributed by atoms with Crippen molar-refractivity contribution in [1.82, 2.24) is 14.5 Å². The number of nitrogens with zero attached hydrogens (tertiary/aromatic N) is 3.